The van der Waals surface area contributed by atoms with Crippen LogP contribution in [0.4, 0.5) is 5.82 Å². The minimum Gasteiger partial charge on any atom is -0.497 e. The maximum atomic E-state index is 12.2. The molecule has 1 amide bonds. The standard InChI is InChI=1S/C21H22N4O3/c1-27-18-13-17(14-19(15-18)28-2)3-4-21(26)23-20-8-12-25(24-20)11-7-16-5-9-22-10-6-16/h3-6,8-10,12-15H,7,11H2,1-2H3,(H,23,24,26)/b4-3+. The summed E-state index contributed by atoms with van der Waals surface area (Å²) in [6.45, 7) is 0.722. The molecule has 0 spiro atoms. The molecule has 28 heavy (non-hydrogen) atoms. The Labute approximate surface area is 163 Å². The Morgan fingerprint density at radius 3 is 2.50 bits per heavy atom. The maximum Gasteiger partial charge on any atom is 0.249 e. The first kappa shape index (κ1) is 19.2. The number of aromatic nitrogens is 3. The number of benzene rings is 1. The van der Waals surface area contributed by atoms with Crippen molar-refractivity contribution in [3.05, 3.63) is 72.2 Å². The maximum absolute atomic E-state index is 12.2. The van der Waals surface area contributed by atoms with Crippen molar-refractivity contribution in [2.75, 3.05) is 19.5 Å². The van der Waals surface area contributed by atoms with Crippen LogP contribution in [0.25, 0.3) is 6.08 Å². The second kappa shape index (κ2) is 9.36. The van der Waals surface area contributed by atoms with Crippen LogP contribution in [0.2, 0.25) is 0 Å². The number of anilines is 1. The van der Waals surface area contributed by atoms with Gasteiger partial charge in [0, 0.05) is 43.3 Å². The number of methoxy groups -OCH3 is 2. The van der Waals surface area contributed by atoms with Gasteiger partial charge in [-0.15, -0.1) is 0 Å². The Balaban J connectivity index is 1.56. The molecular weight excluding hydrogens is 356 g/mol. The summed E-state index contributed by atoms with van der Waals surface area (Å²) in [5, 5.41) is 7.13. The second-order valence-electron chi connectivity index (χ2n) is 6.04. The van der Waals surface area contributed by atoms with Gasteiger partial charge in [-0.2, -0.15) is 5.10 Å². The number of nitrogens with one attached hydrogen (secondary N) is 1. The van der Waals surface area contributed by atoms with E-state index in [0.717, 1.165) is 18.5 Å². The van der Waals surface area contributed by atoms with Gasteiger partial charge in [0.1, 0.15) is 11.5 Å². The van der Waals surface area contributed by atoms with Crippen LogP contribution in [0.3, 0.4) is 0 Å². The third-order valence-corrected chi connectivity index (χ3v) is 4.07. The fraction of sp³-hybridized carbons (Fsp3) is 0.190. The first-order valence-electron chi connectivity index (χ1n) is 8.81. The van der Waals surface area contributed by atoms with Crippen molar-refractivity contribution < 1.29 is 14.3 Å². The highest BCUT2D eigenvalue weighted by Crippen LogP contribution is 2.23. The van der Waals surface area contributed by atoms with Crippen molar-refractivity contribution in [1.29, 1.82) is 0 Å². The lowest BCUT2D eigenvalue weighted by molar-refractivity contribution is -0.111. The van der Waals surface area contributed by atoms with Gasteiger partial charge in [-0.05, 0) is 47.9 Å². The zero-order chi connectivity index (χ0) is 19.8. The molecule has 0 aliphatic carbocycles. The molecule has 0 fully saturated rings. The summed E-state index contributed by atoms with van der Waals surface area (Å²) in [6.07, 6.45) is 9.37. The molecule has 0 atom stereocenters. The Hall–Kier alpha value is -3.61. The summed E-state index contributed by atoms with van der Waals surface area (Å²) in [7, 11) is 3.17. The normalized spacial score (nSPS) is 10.8. The van der Waals surface area contributed by atoms with Crippen LogP contribution in [0.1, 0.15) is 11.1 Å². The van der Waals surface area contributed by atoms with Gasteiger partial charge < -0.3 is 14.8 Å². The van der Waals surface area contributed by atoms with Crippen molar-refractivity contribution in [3.63, 3.8) is 0 Å². The first-order valence-corrected chi connectivity index (χ1v) is 8.81. The lowest BCUT2D eigenvalue weighted by Gasteiger charge is -2.05. The smallest absolute Gasteiger partial charge is 0.249 e. The van der Waals surface area contributed by atoms with Crippen molar-refractivity contribution in [2.45, 2.75) is 13.0 Å². The Morgan fingerprint density at radius 1 is 1.11 bits per heavy atom. The average molecular weight is 378 g/mol. The average Bonchev–Trinajstić information content (AvgIpc) is 3.18. The van der Waals surface area contributed by atoms with Gasteiger partial charge in [-0.3, -0.25) is 14.5 Å². The summed E-state index contributed by atoms with van der Waals surface area (Å²) in [5.41, 5.74) is 1.99. The van der Waals surface area contributed by atoms with Crippen LogP contribution in [-0.2, 0) is 17.8 Å². The van der Waals surface area contributed by atoms with Gasteiger partial charge in [0.05, 0.1) is 14.2 Å². The molecular formula is C21H22N4O3. The largest absolute Gasteiger partial charge is 0.497 e. The van der Waals surface area contributed by atoms with Crippen molar-refractivity contribution in [3.8, 4) is 11.5 Å². The van der Waals surface area contributed by atoms with Crippen molar-refractivity contribution in [1.82, 2.24) is 14.8 Å². The van der Waals surface area contributed by atoms with Crippen molar-refractivity contribution in [2.24, 2.45) is 0 Å². The number of carbonyl (C=O) groups excluding carboxylic acids is 1. The predicted molar refractivity (Wildman–Crippen MR) is 107 cm³/mol. The number of rotatable bonds is 8. The number of hydrogen-bond acceptors (Lipinski definition) is 5. The molecule has 0 saturated heterocycles. The summed E-state index contributed by atoms with van der Waals surface area (Å²) < 4.78 is 12.3. The molecule has 0 radical (unpaired) electrons. The molecule has 2 aromatic heterocycles. The van der Waals surface area contributed by atoms with Gasteiger partial charge in [-0.25, -0.2) is 0 Å². The summed E-state index contributed by atoms with van der Waals surface area (Å²) in [5.74, 6) is 1.56. The van der Waals surface area contributed by atoms with Gasteiger partial charge in [-0.1, -0.05) is 0 Å². The molecule has 0 unspecified atom stereocenters. The summed E-state index contributed by atoms with van der Waals surface area (Å²) in [4.78, 5) is 16.2. The Morgan fingerprint density at radius 2 is 1.82 bits per heavy atom. The zero-order valence-corrected chi connectivity index (χ0v) is 15.8. The molecule has 7 heteroatoms. The van der Waals surface area contributed by atoms with E-state index in [9.17, 15) is 4.79 Å². The fourth-order valence-electron chi connectivity index (χ4n) is 2.61. The molecule has 144 valence electrons. The molecule has 3 aromatic rings. The van der Waals surface area contributed by atoms with Crippen LogP contribution >= 0.6 is 0 Å². The fourth-order valence-corrected chi connectivity index (χ4v) is 2.61. The number of nitrogens with zero attached hydrogens (tertiary/aromatic N) is 3. The van der Waals surface area contributed by atoms with E-state index < -0.39 is 0 Å². The monoisotopic (exact) mass is 378 g/mol. The SMILES string of the molecule is COc1cc(/C=C/C(=O)Nc2ccn(CCc3ccncc3)n2)cc(OC)c1. The lowest BCUT2D eigenvalue weighted by atomic mass is 10.2. The van der Waals surface area contributed by atoms with E-state index in [-0.39, 0.29) is 5.91 Å². The number of ether oxygens (including phenoxy) is 2. The lowest BCUT2D eigenvalue weighted by Crippen LogP contribution is -2.09. The first-order chi connectivity index (χ1) is 13.7. The number of hydrogen-bond donors (Lipinski definition) is 1. The van der Waals surface area contributed by atoms with E-state index in [1.807, 2.05) is 30.5 Å². The minimum atomic E-state index is -0.263. The van der Waals surface area contributed by atoms with Crippen LogP contribution < -0.4 is 14.8 Å². The third kappa shape index (κ3) is 5.44. The highest BCUT2D eigenvalue weighted by atomic mass is 16.5. The van der Waals surface area contributed by atoms with Crippen LogP contribution in [-0.4, -0.2) is 34.9 Å². The number of pyridine rings is 1. The van der Waals surface area contributed by atoms with Gasteiger partial charge in [0.25, 0.3) is 0 Å². The highest BCUT2D eigenvalue weighted by Gasteiger charge is 2.04. The van der Waals surface area contributed by atoms with E-state index >= 15 is 0 Å². The molecule has 1 N–H and O–H groups in total. The predicted octanol–water partition coefficient (Wildman–Crippen LogP) is 3.19. The Bertz CT molecular complexity index is 929. The molecule has 2 heterocycles. The van der Waals surface area contributed by atoms with Crippen LogP contribution in [0.15, 0.2) is 61.1 Å². The second-order valence-corrected chi connectivity index (χ2v) is 6.04. The van der Waals surface area contributed by atoms with E-state index in [0.29, 0.717) is 17.3 Å². The molecule has 0 bridgehead atoms. The van der Waals surface area contributed by atoms with Crippen LogP contribution in [0, 0.1) is 0 Å². The van der Waals surface area contributed by atoms with E-state index in [4.69, 9.17) is 9.47 Å². The van der Waals surface area contributed by atoms with Crippen LogP contribution in [0.5, 0.6) is 11.5 Å². The molecule has 0 saturated carbocycles. The minimum absolute atomic E-state index is 0.263. The molecule has 7 nitrogen and oxygen atoms in total. The Kier molecular flexibility index (Phi) is 6.41. The van der Waals surface area contributed by atoms with E-state index in [1.54, 1.807) is 49.5 Å². The van der Waals surface area contributed by atoms with Gasteiger partial charge in [0.2, 0.25) is 5.91 Å². The van der Waals surface area contributed by atoms with E-state index in [1.165, 1.54) is 11.6 Å². The third-order valence-electron chi connectivity index (χ3n) is 4.07. The molecule has 3 rings (SSSR count). The highest BCUT2D eigenvalue weighted by molar-refractivity contribution is 6.01. The summed E-state index contributed by atoms with van der Waals surface area (Å²) >= 11 is 0. The summed E-state index contributed by atoms with van der Waals surface area (Å²) in [6, 6.07) is 11.1. The number of carbonyl (C=O) groups is 1. The number of amides is 1. The quantitative estimate of drug-likeness (QED) is 0.609. The number of aryl methyl sites for hydroxylation is 2. The van der Waals surface area contributed by atoms with Gasteiger partial charge >= 0.3 is 0 Å². The topological polar surface area (TPSA) is 78.3 Å². The molecule has 1 aromatic carbocycles. The molecule has 0 aliphatic rings. The van der Waals surface area contributed by atoms with E-state index in [2.05, 4.69) is 15.4 Å². The molecule has 0 aliphatic heterocycles. The van der Waals surface area contributed by atoms with Crippen molar-refractivity contribution >= 4 is 17.8 Å². The van der Waals surface area contributed by atoms with Gasteiger partial charge in [0.15, 0.2) is 5.82 Å². The zero-order valence-electron chi connectivity index (χ0n) is 15.8.